The highest BCUT2D eigenvalue weighted by atomic mass is 15.1. The third kappa shape index (κ3) is 3.69. The van der Waals surface area contributed by atoms with Gasteiger partial charge in [0.2, 0.25) is 0 Å². The molecule has 1 aliphatic heterocycles. The van der Waals surface area contributed by atoms with Gasteiger partial charge in [0.05, 0.1) is 0 Å². The second-order valence-corrected chi connectivity index (χ2v) is 6.82. The lowest BCUT2D eigenvalue weighted by Gasteiger charge is -2.42. The number of hydrogen-bond acceptors (Lipinski definition) is 3. The van der Waals surface area contributed by atoms with Crippen molar-refractivity contribution in [1.29, 1.82) is 0 Å². The van der Waals surface area contributed by atoms with E-state index in [1.54, 1.807) is 0 Å². The van der Waals surface area contributed by atoms with Crippen molar-refractivity contribution in [3.63, 3.8) is 0 Å². The van der Waals surface area contributed by atoms with Crippen LogP contribution in [0.5, 0.6) is 0 Å². The Hall–Kier alpha value is -0.120. The molecule has 18 heavy (non-hydrogen) atoms. The van der Waals surface area contributed by atoms with Crippen molar-refractivity contribution in [2.75, 3.05) is 46.8 Å². The fourth-order valence-electron chi connectivity index (χ4n) is 3.44. The Labute approximate surface area is 113 Å². The van der Waals surface area contributed by atoms with Gasteiger partial charge in [0.15, 0.2) is 0 Å². The summed E-state index contributed by atoms with van der Waals surface area (Å²) >= 11 is 0. The summed E-state index contributed by atoms with van der Waals surface area (Å²) in [4.78, 5) is 5.00. The second-order valence-electron chi connectivity index (χ2n) is 6.82. The van der Waals surface area contributed by atoms with Crippen LogP contribution in [-0.4, -0.2) is 56.6 Å². The van der Waals surface area contributed by atoms with Crippen molar-refractivity contribution in [2.45, 2.75) is 38.5 Å². The van der Waals surface area contributed by atoms with E-state index in [9.17, 15) is 0 Å². The Morgan fingerprint density at radius 3 is 2.44 bits per heavy atom. The highest BCUT2D eigenvalue weighted by Gasteiger charge is 2.35. The first kappa shape index (κ1) is 14.3. The van der Waals surface area contributed by atoms with Crippen molar-refractivity contribution in [3.8, 4) is 0 Å². The van der Waals surface area contributed by atoms with Crippen molar-refractivity contribution >= 4 is 0 Å². The summed E-state index contributed by atoms with van der Waals surface area (Å²) in [5.74, 6) is 0.918. The van der Waals surface area contributed by atoms with E-state index in [4.69, 9.17) is 5.73 Å². The average Bonchev–Trinajstić information content (AvgIpc) is 2.31. The fourth-order valence-corrected chi connectivity index (χ4v) is 3.44. The van der Waals surface area contributed by atoms with E-state index in [0.717, 1.165) is 12.5 Å². The molecular weight excluding hydrogens is 222 g/mol. The van der Waals surface area contributed by atoms with Gasteiger partial charge in [-0.15, -0.1) is 0 Å². The number of rotatable bonds is 6. The normalized spacial score (nSPS) is 25.3. The van der Waals surface area contributed by atoms with E-state index in [1.807, 2.05) is 0 Å². The van der Waals surface area contributed by atoms with Crippen LogP contribution in [0.1, 0.15) is 38.5 Å². The number of piperidine rings is 1. The summed E-state index contributed by atoms with van der Waals surface area (Å²) in [6.07, 6.45) is 8.20. The minimum absolute atomic E-state index is 0.515. The summed E-state index contributed by atoms with van der Waals surface area (Å²) in [5.41, 5.74) is 6.45. The molecule has 0 unspecified atom stereocenters. The van der Waals surface area contributed by atoms with Gasteiger partial charge in [-0.05, 0) is 83.7 Å². The third-order valence-electron chi connectivity index (χ3n) is 5.28. The summed E-state index contributed by atoms with van der Waals surface area (Å²) in [6.45, 7) is 5.99. The number of nitrogens with two attached hydrogens (primary N) is 1. The number of nitrogens with zero attached hydrogens (tertiary/aromatic N) is 2. The summed E-state index contributed by atoms with van der Waals surface area (Å²) < 4.78 is 0. The summed E-state index contributed by atoms with van der Waals surface area (Å²) in [6, 6.07) is 0. The lowest BCUT2D eigenvalue weighted by atomic mass is 9.66. The molecule has 0 amide bonds. The molecule has 0 aromatic rings. The molecular formula is C15H31N3. The molecule has 0 aromatic heterocycles. The topological polar surface area (TPSA) is 32.5 Å². The lowest BCUT2D eigenvalue weighted by Crippen LogP contribution is -2.41. The van der Waals surface area contributed by atoms with Crippen LogP contribution in [-0.2, 0) is 0 Å². The quantitative estimate of drug-likeness (QED) is 0.783. The predicted octanol–water partition coefficient (Wildman–Crippen LogP) is 1.78. The van der Waals surface area contributed by atoms with Crippen LogP contribution >= 0.6 is 0 Å². The average molecular weight is 253 g/mol. The van der Waals surface area contributed by atoms with Gasteiger partial charge in [-0.25, -0.2) is 0 Å². The molecule has 1 heterocycles. The molecule has 0 aromatic carbocycles. The van der Waals surface area contributed by atoms with E-state index < -0.39 is 0 Å². The Kier molecular flexibility index (Phi) is 5.05. The molecule has 2 fully saturated rings. The van der Waals surface area contributed by atoms with E-state index in [-0.39, 0.29) is 0 Å². The molecule has 0 bridgehead atoms. The monoisotopic (exact) mass is 253 g/mol. The molecule has 1 saturated carbocycles. The molecule has 2 aliphatic rings. The zero-order valence-corrected chi connectivity index (χ0v) is 12.3. The number of likely N-dealkylation sites (tertiary alicyclic amines) is 1. The molecule has 0 radical (unpaired) electrons. The van der Waals surface area contributed by atoms with E-state index in [0.29, 0.717) is 5.41 Å². The molecule has 1 aliphatic carbocycles. The molecule has 0 spiro atoms. The number of hydrogen-bond donors (Lipinski definition) is 1. The third-order valence-corrected chi connectivity index (χ3v) is 5.28. The maximum atomic E-state index is 5.93. The fraction of sp³-hybridized carbons (Fsp3) is 1.00. The van der Waals surface area contributed by atoms with Gasteiger partial charge in [-0.1, -0.05) is 6.42 Å². The minimum atomic E-state index is 0.515. The first-order valence-corrected chi connectivity index (χ1v) is 7.71. The van der Waals surface area contributed by atoms with Gasteiger partial charge in [-0.3, -0.25) is 0 Å². The van der Waals surface area contributed by atoms with Crippen LogP contribution < -0.4 is 5.73 Å². The maximum Gasteiger partial charge on any atom is 0.000756 e. The van der Waals surface area contributed by atoms with Crippen molar-refractivity contribution in [1.82, 2.24) is 9.80 Å². The minimum Gasteiger partial charge on any atom is -0.330 e. The van der Waals surface area contributed by atoms with Gasteiger partial charge in [0, 0.05) is 6.54 Å². The SMILES string of the molecule is CN1CCC(CN(C)CCC2(CN)CCC2)CC1. The Morgan fingerprint density at radius 1 is 1.28 bits per heavy atom. The van der Waals surface area contributed by atoms with Crippen LogP contribution in [0.4, 0.5) is 0 Å². The van der Waals surface area contributed by atoms with Crippen molar-refractivity contribution in [3.05, 3.63) is 0 Å². The molecule has 106 valence electrons. The predicted molar refractivity (Wildman–Crippen MR) is 77.7 cm³/mol. The molecule has 2 rings (SSSR count). The van der Waals surface area contributed by atoms with E-state index in [2.05, 4.69) is 23.9 Å². The van der Waals surface area contributed by atoms with Crippen molar-refractivity contribution < 1.29 is 0 Å². The summed E-state index contributed by atoms with van der Waals surface area (Å²) in [5, 5.41) is 0. The zero-order valence-electron chi connectivity index (χ0n) is 12.3. The highest BCUT2D eigenvalue weighted by molar-refractivity contribution is 4.89. The van der Waals surface area contributed by atoms with Crippen molar-refractivity contribution in [2.24, 2.45) is 17.1 Å². The van der Waals surface area contributed by atoms with Gasteiger partial charge in [0.1, 0.15) is 0 Å². The largest absolute Gasteiger partial charge is 0.330 e. The molecule has 1 saturated heterocycles. The van der Waals surface area contributed by atoms with Gasteiger partial charge in [-0.2, -0.15) is 0 Å². The smallest absolute Gasteiger partial charge is 0.000756 e. The molecule has 3 heteroatoms. The zero-order chi connectivity index (χ0) is 13.0. The van der Waals surface area contributed by atoms with Crippen LogP contribution in [0.3, 0.4) is 0 Å². The van der Waals surface area contributed by atoms with E-state index >= 15 is 0 Å². The van der Waals surface area contributed by atoms with E-state index in [1.165, 1.54) is 64.7 Å². The highest BCUT2D eigenvalue weighted by Crippen LogP contribution is 2.42. The standard InChI is InChI=1S/C15H31N3/c1-17-9-4-14(5-10-17)12-18(2)11-8-15(13-16)6-3-7-15/h14H,3-13,16H2,1-2H3. The lowest BCUT2D eigenvalue weighted by molar-refractivity contribution is 0.102. The Bertz CT molecular complexity index is 237. The van der Waals surface area contributed by atoms with Crippen LogP contribution in [0.2, 0.25) is 0 Å². The first-order valence-electron chi connectivity index (χ1n) is 7.71. The first-order chi connectivity index (χ1) is 8.63. The van der Waals surface area contributed by atoms with Gasteiger partial charge in [0.25, 0.3) is 0 Å². The Morgan fingerprint density at radius 2 is 1.94 bits per heavy atom. The summed E-state index contributed by atoms with van der Waals surface area (Å²) in [7, 11) is 4.53. The van der Waals surface area contributed by atoms with Crippen LogP contribution in [0, 0.1) is 11.3 Å². The Balaban J connectivity index is 1.64. The molecule has 3 nitrogen and oxygen atoms in total. The van der Waals surface area contributed by atoms with Gasteiger partial charge >= 0.3 is 0 Å². The van der Waals surface area contributed by atoms with Gasteiger partial charge < -0.3 is 15.5 Å². The second kappa shape index (κ2) is 6.36. The molecule has 0 atom stereocenters. The maximum absolute atomic E-state index is 5.93. The molecule has 2 N–H and O–H groups in total. The van der Waals surface area contributed by atoms with Crippen LogP contribution in [0.25, 0.3) is 0 Å². The van der Waals surface area contributed by atoms with Crippen LogP contribution in [0.15, 0.2) is 0 Å².